The third-order valence-corrected chi connectivity index (χ3v) is 5.24. The molecule has 1 rings (SSSR count). The maximum absolute atomic E-state index is 11.8. The summed E-state index contributed by atoms with van der Waals surface area (Å²) in [6.45, 7) is 6.12. The molecule has 0 bridgehead atoms. The first-order valence-corrected chi connectivity index (χ1v) is 8.24. The Morgan fingerprint density at radius 1 is 1.42 bits per heavy atom. The van der Waals surface area contributed by atoms with Gasteiger partial charge in [0.15, 0.2) is 9.84 Å². The van der Waals surface area contributed by atoms with Gasteiger partial charge in [-0.15, -0.1) is 0 Å². The third kappa shape index (κ3) is 5.34. The molecule has 19 heavy (non-hydrogen) atoms. The normalized spacial score (nSPS) is 12.2. The van der Waals surface area contributed by atoms with Gasteiger partial charge in [0.2, 0.25) is 0 Å². The van der Waals surface area contributed by atoms with Crippen LogP contribution < -0.4 is 5.32 Å². The molecule has 0 atom stereocenters. The second kappa shape index (κ2) is 7.67. The second-order valence-electron chi connectivity index (χ2n) is 4.78. The third-order valence-electron chi connectivity index (χ3n) is 3.05. The molecule has 0 unspecified atom stereocenters. The van der Waals surface area contributed by atoms with Gasteiger partial charge >= 0.3 is 0 Å². The van der Waals surface area contributed by atoms with Crippen molar-refractivity contribution >= 4 is 9.84 Å². The minimum atomic E-state index is -2.98. The molecule has 0 saturated carbocycles. The van der Waals surface area contributed by atoms with Crippen LogP contribution in [0.15, 0.2) is 18.3 Å². The van der Waals surface area contributed by atoms with Crippen LogP contribution in [-0.2, 0) is 27.7 Å². The van der Waals surface area contributed by atoms with Gasteiger partial charge in [0.1, 0.15) is 0 Å². The monoisotopic (exact) mass is 288 g/mol. The molecule has 1 N–H and O–H groups in total. The lowest BCUT2D eigenvalue weighted by Gasteiger charge is -2.12. The van der Waals surface area contributed by atoms with Gasteiger partial charge < -0.3 is 14.6 Å². The molecule has 0 radical (unpaired) electrons. The fourth-order valence-electron chi connectivity index (χ4n) is 1.68. The number of ether oxygens (including phenoxy) is 1. The summed E-state index contributed by atoms with van der Waals surface area (Å²) < 4.78 is 30.5. The summed E-state index contributed by atoms with van der Waals surface area (Å²) >= 11 is 0. The molecule has 5 nitrogen and oxygen atoms in total. The van der Waals surface area contributed by atoms with Gasteiger partial charge in [0.05, 0.1) is 17.6 Å². The molecule has 0 spiro atoms. The average Bonchev–Trinajstić information content (AvgIpc) is 2.79. The maximum Gasteiger partial charge on any atom is 0.154 e. The molecule has 0 aromatic carbocycles. The van der Waals surface area contributed by atoms with E-state index in [1.165, 1.54) is 0 Å². The van der Waals surface area contributed by atoms with Crippen molar-refractivity contribution in [3.05, 3.63) is 24.0 Å². The van der Waals surface area contributed by atoms with Gasteiger partial charge in [-0.3, -0.25) is 0 Å². The van der Waals surface area contributed by atoms with Gasteiger partial charge in [0.25, 0.3) is 0 Å². The summed E-state index contributed by atoms with van der Waals surface area (Å²) in [7, 11) is -1.31. The van der Waals surface area contributed by atoms with E-state index in [0.717, 1.165) is 18.8 Å². The van der Waals surface area contributed by atoms with Gasteiger partial charge in [-0.05, 0) is 26.0 Å². The van der Waals surface area contributed by atoms with Crippen LogP contribution in [-0.4, -0.2) is 44.2 Å². The van der Waals surface area contributed by atoms with E-state index < -0.39 is 9.84 Å². The first-order valence-electron chi connectivity index (χ1n) is 6.52. The second-order valence-corrected chi connectivity index (χ2v) is 7.46. The highest BCUT2D eigenvalue weighted by Gasteiger charge is 2.16. The fourth-order valence-corrected chi connectivity index (χ4v) is 2.60. The number of hydrogen-bond donors (Lipinski definition) is 1. The average molecular weight is 288 g/mol. The predicted molar refractivity (Wildman–Crippen MR) is 76.9 cm³/mol. The number of hydrogen-bond acceptors (Lipinski definition) is 4. The summed E-state index contributed by atoms with van der Waals surface area (Å²) in [5.74, 6) is 0.185. The standard InChI is InChI=1S/C13H24N2O3S/c1-12(2)19(16,17)10-8-15-7-4-5-13(15)11-14-6-9-18-3/h4-5,7,12,14H,6,8-11H2,1-3H3. The van der Waals surface area contributed by atoms with Crippen molar-refractivity contribution < 1.29 is 13.2 Å². The Labute approximate surface area is 115 Å². The Kier molecular flexibility index (Phi) is 6.54. The van der Waals surface area contributed by atoms with E-state index in [-0.39, 0.29) is 11.0 Å². The van der Waals surface area contributed by atoms with E-state index in [0.29, 0.717) is 13.2 Å². The number of methoxy groups -OCH3 is 1. The highest BCUT2D eigenvalue weighted by atomic mass is 32.2. The topological polar surface area (TPSA) is 60.3 Å². The number of aromatic nitrogens is 1. The minimum Gasteiger partial charge on any atom is -0.383 e. The molecule has 1 aromatic heterocycles. The van der Waals surface area contributed by atoms with Crippen LogP contribution >= 0.6 is 0 Å². The molecule has 1 aromatic rings. The van der Waals surface area contributed by atoms with E-state index >= 15 is 0 Å². The lowest BCUT2D eigenvalue weighted by atomic mass is 10.4. The number of nitrogens with one attached hydrogen (secondary N) is 1. The van der Waals surface area contributed by atoms with Crippen molar-refractivity contribution in [1.29, 1.82) is 0 Å². The largest absolute Gasteiger partial charge is 0.383 e. The lowest BCUT2D eigenvalue weighted by molar-refractivity contribution is 0.199. The van der Waals surface area contributed by atoms with Crippen LogP contribution in [0.2, 0.25) is 0 Å². The molecule has 0 saturated heterocycles. The van der Waals surface area contributed by atoms with Crippen LogP contribution in [0.4, 0.5) is 0 Å². The van der Waals surface area contributed by atoms with E-state index in [1.54, 1.807) is 21.0 Å². The van der Waals surface area contributed by atoms with Crippen molar-refractivity contribution in [3.63, 3.8) is 0 Å². The summed E-state index contributed by atoms with van der Waals surface area (Å²) in [5.41, 5.74) is 1.09. The van der Waals surface area contributed by atoms with Gasteiger partial charge in [-0.2, -0.15) is 0 Å². The zero-order chi connectivity index (χ0) is 14.3. The van der Waals surface area contributed by atoms with Crippen molar-refractivity contribution in [1.82, 2.24) is 9.88 Å². The Morgan fingerprint density at radius 3 is 2.79 bits per heavy atom. The Hall–Kier alpha value is -0.850. The van der Waals surface area contributed by atoms with Crippen LogP contribution in [0.25, 0.3) is 0 Å². The Bertz CT molecular complexity index is 466. The molecule has 0 aliphatic rings. The quantitative estimate of drug-likeness (QED) is 0.690. The summed E-state index contributed by atoms with van der Waals surface area (Å²) in [6, 6.07) is 3.94. The zero-order valence-corrected chi connectivity index (χ0v) is 12.7. The van der Waals surface area contributed by atoms with Gasteiger partial charge in [0, 0.05) is 38.6 Å². The van der Waals surface area contributed by atoms with Gasteiger partial charge in [-0.25, -0.2) is 8.42 Å². The SMILES string of the molecule is COCCNCc1cccn1CCS(=O)(=O)C(C)C. The van der Waals surface area contributed by atoms with Crippen molar-refractivity contribution in [2.24, 2.45) is 0 Å². The van der Waals surface area contributed by atoms with E-state index in [1.807, 2.05) is 22.9 Å². The lowest BCUT2D eigenvalue weighted by Crippen LogP contribution is -2.23. The molecular weight excluding hydrogens is 264 g/mol. The van der Waals surface area contributed by atoms with Crippen molar-refractivity contribution in [2.45, 2.75) is 32.2 Å². The molecule has 1 heterocycles. The van der Waals surface area contributed by atoms with Crippen molar-refractivity contribution in [3.8, 4) is 0 Å². The molecule has 0 aliphatic carbocycles. The number of sulfone groups is 1. The number of rotatable bonds is 9. The molecule has 0 amide bonds. The highest BCUT2D eigenvalue weighted by Crippen LogP contribution is 2.06. The zero-order valence-electron chi connectivity index (χ0n) is 11.9. The molecule has 110 valence electrons. The highest BCUT2D eigenvalue weighted by molar-refractivity contribution is 7.91. The van der Waals surface area contributed by atoms with Crippen LogP contribution in [0.3, 0.4) is 0 Å². The van der Waals surface area contributed by atoms with E-state index in [9.17, 15) is 8.42 Å². The first kappa shape index (κ1) is 16.2. The molecule has 0 aliphatic heterocycles. The molecule has 6 heteroatoms. The smallest absolute Gasteiger partial charge is 0.154 e. The summed E-state index contributed by atoms with van der Waals surface area (Å²) in [5, 5.41) is 2.94. The molecule has 0 fully saturated rings. The van der Waals surface area contributed by atoms with Gasteiger partial charge in [-0.1, -0.05) is 0 Å². The van der Waals surface area contributed by atoms with Crippen molar-refractivity contribution in [2.75, 3.05) is 26.0 Å². The first-order chi connectivity index (χ1) is 8.97. The Balaban J connectivity index is 2.49. The summed E-state index contributed by atoms with van der Waals surface area (Å²) in [4.78, 5) is 0. The minimum absolute atomic E-state index is 0.185. The maximum atomic E-state index is 11.8. The fraction of sp³-hybridized carbons (Fsp3) is 0.692. The number of nitrogens with zero attached hydrogens (tertiary/aromatic N) is 1. The number of aryl methyl sites for hydroxylation is 1. The van der Waals surface area contributed by atoms with Crippen LogP contribution in [0.1, 0.15) is 19.5 Å². The van der Waals surface area contributed by atoms with E-state index in [4.69, 9.17) is 4.74 Å². The Morgan fingerprint density at radius 2 is 2.16 bits per heavy atom. The van der Waals surface area contributed by atoms with Crippen LogP contribution in [0.5, 0.6) is 0 Å². The van der Waals surface area contributed by atoms with E-state index in [2.05, 4.69) is 5.32 Å². The van der Waals surface area contributed by atoms with Crippen LogP contribution in [0, 0.1) is 0 Å². The molecular formula is C13H24N2O3S. The summed E-state index contributed by atoms with van der Waals surface area (Å²) in [6.07, 6.45) is 1.92. The predicted octanol–water partition coefficient (Wildman–Crippen LogP) is 1.05.